The number of aryl methyl sites for hydroxylation is 1. The predicted octanol–water partition coefficient (Wildman–Crippen LogP) is 6.41. The zero-order valence-corrected chi connectivity index (χ0v) is 17.5. The molecule has 0 aliphatic heterocycles. The third kappa shape index (κ3) is 4.88. The second-order valence-corrected chi connectivity index (χ2v) is 8.34. The maximum absolute atomic E-state index is 12.6. The summed E-state index contributed by atoms with van der Waals surface area (Å²) in [6, 6.07) is 17.6. The molecule has 150 valence electrons. The fraction of sp³-hybridized carbons (Fsp3) is 0.333. The molecule has 1 aliphatic rings. The molecule has 1 aromatic heterocycles. The topological polar surface area (TPSA) is 46.9 Å². The number of nitrogens with zero attached hydrogens (tertiary/aromatic N) is 2. The Balaban J connectivity index is 1.58. The van der Waals surface area contributed by atoms with Crippen LogP contribution in [0.15, 0.2) is 54.6 Å². The van der Waals surface area contributed by atoms with Crippen LogP contribution in [0.4, 0.5) is 5.82 Å². The SMILES string of the molecule is Cc1ccc(-n2nc(-c3ccc(Cl)cc3)cc2NC(=O)CCC2CCCC2)cc1. The fourth-order valence-corrected chi connectivity index (χ4v) is 4.08. The Morgan fingerprint density at radius 3 is 2.48 bits per heavy atom. The minimum absolute atomic E-state index is 0.0489. The van der Waals surface area contributed by atoms with Crippen LogP contribution >= 0.6 is 11.6 Å². The van der Waals surface area contributed by atoms with Crippen molar-refractivity contribution in [1.29, 1.82) is 0 Å². The summed E-state index contributed by atoms with van der Waals surface area (Å²) in [6.07, 6.45) is 6.65. The highest BCUT2D eigenvalue weighted by Crippen LogP contribution is 2.29. The molecule has 29 heavy (non-hydrogen) atoms. The zero-order chi connectivity index (χ0) is 20.2. The van der Waals surface area contributed by atoms with Crippen LogP contribution in [0.1, 0.15) is 44.1 Å². The molecule has 4 rings (SSSR count). The smallest absolute Gasteiger partial charge is 0.225 e. The van der Waals surface area contributed by atoms with Crippen molar-refractivity contribution < 1.29 is 4.79 Å². The van der Waals surface area contributed by atoms with E-state index in [-0.39, 0.29) is 5.91 Å². The Labute approximate surface area is 176 Å². The summed E-state index contributed by atoms with van der Waals surface area (Å²) >= 11 is 6.02. The average molecular weight is 408 g/mol. The Hall–Kier alpha value is -2.59. The quantitative estimate of drug-likeness (QED) is 0.513. The number of halogens is 1. The molecule has 1 N–H and O–H groups in total. The molecular weight excluding hydrogens is 382 g/mol. The van der Waals surface area contributed by atoms with Gasteiger partial charge in [0.05, 0.1) is 11.4 Å². The Morgan fingerprint density at radius 1 is 1.10 bits per heavy atom. The normalized spacial score (nSPS) is 14.3. The molecule has 0 unspecified atom stereocenters. The van der Waals surface area contributed by atoms with E-state index in [1.165, 1.54) is 31.2 Å². The molecule has 1 heterocycles. The molecule has 1 amide bonds. The molecule has 0 radical (unpaired) electrons. The number of carbonyl (C=O) groups is 1. The summed E-state index contributed by atoms with van der Waals surface area (Å²) in [6.45, 7) is 2.05. The van der Waals surface area contributed by atoms with E-state index in [1.807, 2.05) is 54.6 Å². The third-order valence-electron chi connectivity index (χ3n) is 5.65. The van der Waals surface area contributed by atoms with Gasteiger partial charge >= 0.3 is 0 Å². The molecule has 1 fully saturated rings. The van der Waals surface area contributed by atoms with Crippen molar-refractivity contribution >= 4 is 23.3 Å². The van der Waals surface area contributed by atoms with E-state index in [0.717, 1.165) is 23.4 Å². The molecular formula is C24H26ClN3O. The number of rotatable bonds is 6. The lowest BCUT2D eigenvalue weighted by Crippen LogP contribution is -2.15. The van der Waals surface area contributed by atoms with E-state index < -0.39 is 0 Å². The highest BCUT2D eigenvalue weighted by Gasteiger charge is 2.18. The largest absolute Gasteiger partial charge is 0.311 e. The summed E-state index contributed by atoms with van der Waals surface area (Å²) in [7, 11) is 0. The Morgan fingerprint density at radius 2 is 1.79 bits per heavy atom. The van der Waals surface area contributed by atoms with E-state index in [4.69, 9.17) is 16.7 Å². The van der Waals surface area contributed by atoms with Crippen LogP contribution in [0, 0.1) is 12.8 Å². The first-order valence-electron chi connectivity index (χ1n) is 10.3. The van der Waals surface area contributed by atoms with Crippen LogP contribution in [0.2, 0.25) is 5.02 Å². The molecule has 1 saturated carbocycles. The minimum atomic E-state index is 0.0489. The average Bonchev–Trinajstić information content (AvgIpc) is 3.38. The Bertz CT molecular complexity index is 970. The predicted molar refractivity (Wildman–Crippen MR) is 119 cm³/mol. The number of aromatic nitrogens is 2. The molecule has 5 heteroatoms. The van der Waals surface area contributed by atoms with Gasteiger partial charge in [0.15, 0.2) is 0 Å². The number of carbonyl (C=O) groups excluding carboxylic acids is 1. The van der Waals surface area contributed by atoms with Gasteiger partial charge in [-0.3, -0.25) is 4.79 Å². The molecule has 0 atom stereocenters. The zero-order valence-electron chi connectivity index (χ0n) is 16.7. The van der Waals surface area contributed by atoms with E-state index in [9.17, 15) is 4.79 Å². The van der Waals surface area contributed by atoms with Gasteiger partial charge in [-0.1, -0.05) is 67.1 Å². The van der Waals surface area contributed by atoms with Crippen molar-refractivity contribution in [3.8, 4) is 16.9 Å². The molecule has 0 saturated heterocycles. The van der Waals surface area contributed by atoms with Crippen LogP contribution < -0.4 is 5.32 Å². The summed E-state index contributed by atoms with van der Waals surface area (Å²) in [4.78, 5) is 12.6. The first-order chi connectivity index (χ1) is 14.1. The van der Waals surface area contributed by atoms with Crippen molar-refractivity contribution in [1.82, 2.24) is 9.78 Å². The van der Waals surface area contributed by atoms with Gasteiger partial charge in [0.1, 0.15) is 5.82 Å². The van der Waals surface area contributed by atoms with Crippen molar-refractivity contribution in [2.24, 2.45) is 5.92 Å². The van der Waals surface area contributed by atoms with Crippen molar-refractivity contribution in [3.63, 3.8) is 0 Å². The number of anilines is 1. The monoisotopic (exact) mass is 407 g/mol. The second-order valence-electron chi connectivity index (χ2n) is 7.91. The second kappa shape index (κ2) is 8.83. The van der Waals surface area contributed by atoms with E-state index >= 15 is 0 Å². The van der Waals surface area contributed by atoms with Crippen LogP contribution in [-0.4, -0.2) is 15.7 Å². The van der Waals surface area contributed by atoms with Gasteiger partial charge in [0, 0.05) is 23.1 Å². The molecule has 0 bridgehead atoms. The number of hydrogen-bond donors (Lipinski definition) is 1. The van der Waals surface area contributed by atoms with Gasteiger partial charge in [-0.15, -0.1) is 0 Å². The molecule has 1 aliphatic carbocycles. The summed E-state index contributed by atoms with van der Waals surface area (Å²) < 4.78 is 1.80. The highest BCUT2D eigenvalue weighted by atomic mass is 35.5. The number of amides is 1. The molecule has 4 nitrogen and oxygen atoms in total. The van der Waals surface area contributed by atoms with Gasteiger partial charge in [-0.05, 0) is 43.5 Å². The van der Waals surface area contributed by atoms with E-state index in [0.29, 0.717) is 23.2 Å². The number of benzene rings is 2. The van der Waals surface area contributed by atoms with Crippen molar-refractivity contribution in [3.05, 3.63) is 65.2 Å². The standard InChI is InChI=1S/C24H26ClN3O/c1-17-6-13-21(14-7-17)28-23(26-24(29)15-8-18-4-2-3-5-18)16-22(27-28)19-9-11-20(25)12-10-19/h6-7,9-14,16,18H,2-5,8,15H2,1H3,(H,26,29). The van der Waals surface area contributed by atoms with Gasteiger partial charge in [-0.25, -0.2) is 4.68 Å². The lowest BCUT2D eigenvalue weighted by atomic mass is 10.0. The lowest BCUT2D eigenvalue weighted by Gasteiger charge is -2.11. The first-order valence-corrected chi connectivity index (χ1v) is 10.7. The van der Waals surface area contributed by atoms with Crippen LogP contribution in [0.5, 0.6) is 0 Å². The number of nitrogens with one attached hydrogen (secondary N) is 1. The molecule has 0 spiro atoms. The Kier molecular flexibility index (Phi) is 6.00. The van der Waals surface area contributed by atoms with Crippen molar-refractivity contribution in [2.75, 3.05) is 5.32 Å². The van der Waals surface area contributed by atoms with Gasteiger partial charge in [-0.2, -0.15) is 5.10 Å². The lowest BCUT2D eigenvalue weighted by molar-refractivity contribution is -0.116. The van der Waals surface area contributed by atoms with Crippen LogP contribution in [0.3, 0.4) is 0 Å². The third-order valence-corrected chi connectivity index (χ3v) is 5.90. The number of hydrogen-bond acceptors (Lipinski definition) is 2. The van der Waals surface area contributed by atoms with Crippen LogP contribution in [0.25, 0.3) is 16.9 Å². The van der Waals surface area contributed by atoms with Gasteiger partial charge in [0.25, 0.3) is 0 Å². The first kappa shape index (κ1) is 19.7. The summed E-state index contributed by atoms with van der Waals surface area (Å²) in [5, 5.41) is 8.53. The maximum Gasteiger partial charge on any atom is 0.225 e. The van der Waals surface area contributed by atoms with E-state index in [1.54, 1.807) is 4.68 Å². The summed E-state index contributed by atoms with van der Waals surface area (Å²) in [5.41, 5.74) is 3.86. The van der Waals surface area contributed by atoms with Crippen LogP contribution in [-0.2, 0) is 4.79 Å². The van der Waals surface area contributed by atoms with Gasteiger partial charge < -0.3 is 5.32 Å². The molecule has 2 aromatic carbocycles. The van der Waals surface area contributed by atoms with E-state index in [2.05, 4.69) is 12.2 Å². The highest BCUT2D eigenvalue weighted by molar-refractivity contribution is 6.30. The summed E-state index contributed by atoms with van der Waals surface area (Å²) in [5.74, 6) is 1.44. The van der Waals surface area contributed by atoms with Crippen molar-refractivity contribution in [2.45, 2.75) is 45.4 Å². The molecule has 3 aromatic rings. The minimum Gasteiger partial charge on any atom is -0.311 e. The fourth-order valence-electron chi connectivity index (χ4n) is 3.95. The van der Waals surface area contributed by atoms with Gasteiger partial charge in [0.2, 0.25) is 5.91 Å². The maximum atomic E-state index is 12.6.